The summed E-state index contributed by atoms with van der Waals surface area (Å²) in [5.74, 6) is 0.379. The molecule has 0 saturated carbocycles. The SMILES string of the molecule is Cc1noc(NC(=O)C(C)CCCC(C)N)c1C. The number of nitrogens with two attached hydrogens (primary N) is 1. The van der Waals surface area contributed by atoms with Crippen LogP contribution in [0.3, 0.4) is 0 Å². The summed E-state index contributed by atoms with van der Waals surface area (Å²) in [5.41, 5.74) is 7.36. The molecule has 0 aliphatic heterocycles. The smallest absolute Gasteiger partial charge is 0.234 e. The first kappa shape index (κ1) is 14.7. The summed E-state index contributed by atoms with van der Waals surface area (Å²) >= 11 is 0. The average Bonchev–Trinajstić information content (AvgIpc) is 2.60. The zero-order valence-corrected chi connectivity index (χ0v) is 11.6. The van der Waals surface area contributed by atoms with Crippen molar-refractivity contribution in [3.05, 3.63) is 11.3 Å². The summed E-state index contributed by atoms with van der Waals surface area (Å²) in [6.07, 6.45) is 2.73. The Labute approximate surface area is 108 Å². The van der Waals surface area contributed by atoms with Crippen LogP contribution in [0.25, 0.3) is 0 Å². The number of amides is 1. The molecule has 3 N–H and O–H groups in total. The van der Waals surface area contributed by atoms with Gasteiger partial charge in [-0.1, -0.05) is 18.5 Å². The second kappa shape index (κ2) is 6.54. The Bertz CT molecular complexity index is 399. The zero-order chi connectivity index (χ0) is 13.7. The Kier molecular flexibility index (Phi) is 5.34. The first-order valence-corrected chi connectivity index (χ1v) is 6.41. The highest BCUT2D eigenvalue weighted by Gasteiger charge is 2.17. The predicted octanol–water partition coefficient (Wildman–Crippen LogP) is 2.38. The summed E-state index contributed by atoms with van der Waals surface area (Å²) in [7, 11) is 0. The van der Waals surface area contributed by atoms with Gasteiger partial charge in [-0.15, -0.1) is 0 Å². The summed E-state index contributed by atoms with van der Waals surface area (Å²) in [4.78, 5) is 11.9. The molecule has 0 aliphatic carbocycles. The van der Waals surface area contributed by atoms with Gasteiger partial charge >= 0.3 is 0 Å². The van der Waals surface area contributed by atoms with Crippen molar-refractivity contribution in [2.24, 2.45) is 11.7 Å². The highest BCUT2D eigenvalue weighted by Crippen LogP contribution is 2.19. The summed E-state index contributed by atoms with van der Waals surface area (Å²) in [6.45, 7) is 7.61. The fraction of sp³-hybridized carbons (Fsp3) is 0.692. The van der Waals surface area contributed by atoms with Crippen LogP contribution in [0.2, 0.25) is 0 Å². The standard InChI is InChI=1S/C13H23N3O2/c1-8(6-5-7-9(2)14)12(17)15-13-10(3)11(4)16-18-13/h8-9H,5-7,14H2,1-4H3,(H,15,17). The van der Waals surface area contributed by atoms with Crippen molar-refractivity contribution >= 4 is 11.8 Å². The molecule has 1 aromatic heterocycles. The monoisotopic (exact) mass is 253 g/mol. The maximum atomic E-state index is 11.9. The van der Waals surface area contributed by atoms with Crippen molar-refractivity contribution in [2.45, 2.75) is 53.0 Å². The topological polar surface area (TPSA) is 81.2 Å². The van der Waals surface area contributed by atoms with Crippen molar-refractivity contribution < 1.29 is 9.32 Å². The summed E-state index contributed by atoms with van der Waals surface area (Å²) in [6, 6.07) is 0.194. The Balaban J connectivity index is 2.42. The molecule has 0 bridgehead atoms. The van der Waals surface area contributed by atoms with Gasteiger partial charge in [-0.3, -0.25) is 10.1 Å². The maximum Gasteiger partial charge on any atom is 0.234 e. The highest BCUT2D eigenvalue weighted by atomic mass is 16.5. The van der Waals surface area contributed by atoms with E-state index in [2.05, 4.69) is 10.5 Å². The maximum absolute atomic E-state index is 11.9. The third-order valence-corrected chi connectivity index (χ3v) is 3.14. The number of nitrogens with zero attached hydrogens (tertiary/aromatic N) is 1. The average molecular weight is 253 g/mol. The molecule has 0 spiro atoms. The number of rotatable bonds is 6. The van der Waals surface area contributed by atoms with E-state index in [0.29, 0.717) is 5.88 Å². The van der Waals surface area contributed by atoms with Crippen LogP contribution in [0.5, 0.6) is 0 Å². The van der Waals surface area contributed by atoms with Gasteiger partial charge in [0, 0.05) is 17.5 Å². The van der Waals surface area contributed by atoms with Crippen molar-refractivity contribution in [3.8, 4) is 0 Å². The lowest BCUT2D eigenvalue weighted by atomic mass is 10.0. The van der Waals surface area contributed by atoms with E-state index < -0.39 is 0 Å². The lowest BCUT2D eigenvalue weighted by Gasteiger charge is -2.11. The Morgan fingerprint density at radius 1 is 1.39 bits per heavy atom. The van der Waals surface area contributed by atoms with Crippen LogP contribution in [0.4, 0.5) is 5.88 Å². The number of hydrogen-bond acceptors (Lipinski definition) is 4. The molecule has 0 aliphatic rings. The summed E-state index contributed by atoms with van der Waals surface area (Å²) < 4.78 is 5.06. The second-order valence-electron chi connectivity index (χ2n) is 5.02. The van der Waals surface area contributed by atoms with E-state index in [0.717, 1.165) is 30.5 Å². The molecule has 18 heavy (non-hydrogen) atoms. The molecular formula is C13H23N3O2. The second-order valence-corrected chi connectivity index (χ2v) is 5.02. The molecule has 0 radical (unpaired) electrons. The number of aryl methyl sites for hydroxylation is 1. The van der Waals surface area contributed by atoms with Crippen LogP contribution in [0.15, 0.2) is 4.52 Å². The van der Waals surface area contributed by atoms with Crippen LogP contribution in [-0.4, -0.2) is 17.1 Å². The van der Waals surface area contributed by atoms with Gasteiger partial charge in [0.2, 0.25) is 11.8 Å². The molecule has 1 aromatic rings. The Hall–Kier alpha value is -1.36. The van der Waals surface area contributed by atoms with Gasteiger partial charge < -0.3 is 10.3 Å². The zero-order valence-electron chi connectivity index (χ0n) is 11.6. The third kappa shape index (κ3) is 4.14. The first-order valence-electron chi connectivity index (χ1n) is 6.41. The van der Waals surface area contributed by atoms with Gasteiger partial charge in [0.15, 0.2) is 0 Å². The quantitative estimate of drug-likeness (QED) is 0.815. The molecule has 2 atom stereocenters. The van der Waals surface area contributed by atoms with Gasteiger partial charge in [0.05, 0.1) is 5.69 Å². The van der Waals surface area contributed by atoms with E-state index in [4.69, 9.17) is 10.3 Å². The van der Waals surface area contributed by atoms with E-state index in [9.17, 15) is 4.79 Å². The van der Waals surface area contributed by atoms with Gasteiger partial charge in [0.1, 0.15) is 0 Å². The fourth-order valence-corrected chi connectivity index (χ4v) is 1.64. The molecule has 1 heterocycles. The van der Waals surface area contributed by atoms with Crippen molar-refractivity contribution in [2.75, 3.05) is 5.32 Å². The van der Waals surface area contributed by atoms with E-state index in [1.54, 1.807) is 0 Å². The summed E-state index contributed by atoms with van der Waals surface area (Å²) in [5, 5.41) is 6.58. The van der Waals surface area contributed by atoms with E-state index >= 15 is 0 Å². The van der Waals surface area contributed by atoms with Crippen LogP contribution in [-0.2, 0) is 4.79 Å². The normalized spacial score (nSPS) is 14.3. The number of nitrogens with one attached hydrogen (secondary N) is 1. The Morgan fingerprint density at radius 2 is 2.06 bits per heavy atom. The van der Waals surface area contributed by atoms with Gasteiger partial charge in [-0.05, 0) is 33.6 Å². The molecular weight excluding hydrogens is 230 g/mol. The molecule has 1 amide bonds. The number of aromatic nitrogens is 1. The van der Waals surface area contributed by atoms with E-state index in [1.807, 2.05) is 27.7 Å². The number of hydrogen-bond donors (Lipinski definition) is 2. The van der Waals surface area contributed by atoms with Crippen LogP contribution in [0.1, 0.15) is 44.4 Å². The lowest BCUT2D eigenvalue weighted by Crippen LogP contribution is -2.21. The van der Waals surface area contributed by atoms with E-state index in [-0.39, 0.29) is 17.9 Å². The molecule has 0 aromatic carbocycles. The minimum atomic E-state index is -0.0476. The van der Waals surface area contributed by atoms with Crippen molar-refractivity contribution in [1.29, 1.82) is 0 Å². The van der Waals surface area contributed by atoms with Gasteiger partial charge in [-0.25, -0.2) is 0 Å². The van der Waals surface area contributed by atoms with E-state index in [1.165, 1.54) is 0 Å². The van der Waals surface area contributed by atoms with Crippen LogP contribution >= 0.6 is 0 Å². The number of carbonyl (C=O) groups is 1. The fourth-order valence-electron chi connectivity index (χ4n) is 1.64. The predicted molar refractivity (Wildman–Crippen MR) is 71.3 cm³/mol. The first-order chi connectivity index (χ1) is 8.41. The highest BCUT2D eigenvalue weighted by molar-refractivity contribution is 5.91. The van der Waals surface area contributed by atoms with Crippen LogP contribution < -0.4 is 11.1 Å². The molecule has 0 fully saturated rings. The van der Waals surface area contributed by atoms with Crippen molar-refractivity contribution in [1.82, 2.24) is 5.16 Å². The minimum Gasteiger partial charge on any atom is -0.338 e. The number of carbonyl (C=O) groups excluding carboxylic acids is 1. The van der Waals surface area contributed by atoms with Crippen LogP contribution in [0, 0.1) is 19.8 Å². The largest absolute Gasteiger partial charge is 0.338 e. The molecule has 5 nitrogen and oxygen atoms in total. The third-order valence-electron chi connectivity index (χ3n) is 3.14. The Morgan fingerprint density at radius 3 is 2.56 bits per heavy atom. The molecule has 102 valence electrons. The van der Waals surface area contributed by atoms with Gasteiger partial charge in [-0.2, -0.15) is 0 Å². The van der Waals surface area contributed by atoms with Crippen molar-refractivity contribution in [3.63, 3.8) is 0 Å². The lowest BCUT2D eigenvalue weighted by molar-refractivity contribution is -0.119. The molecule has 0 saturated heterocycles. The molecule has 5 heteroatoms. The molecule has 2 unspecified atom stereocenters. The van der Waals surface area contributed by atoms with Gasteiger partial charge in [0.25, 0.3) is 0 Å². The minimum absolute atomic E-state index is 0.0288. The molecule has 1 rings (SSSR count). The number of anilines is 1.